The number of rotatable bonds is 8. The molecule has 0 spiro atoms. The molecule has 3 aromatic rings. The molecule has 146 valence electrons. The second-order valence-electron chi connectivity index (χ2n) is 6.98. The summed E-state index contributed by atoms with van der Waals surface area (Å²) in [5.41, 5.74) is 1.90. The number of hydrogen-bond donors (Lipinski definition) is 1. The van der Waals surface area contributed by atoms with E-state index >= 15 is 0 Å². The number of hydrogen-bond acceptors (Lipinski definition) is 3. The molecule has 0 amide bonds. The van der Waals surface area contributed by atoms with Gasteiger partial charge < -0.3 is 0 Å². The SMILES string of the molecule is CC(C)Nc1ccc(S(=O)(=O)N(Cc2ccccc2)Cc2ccccc2)c[nH+]1. The second-order valence-corrected chi connectivity index (χ2v) is 8.92. The predicted octanol–water partition coefficient (Wildman–Crippen LogP) is 3.71. The molecule has 2 N–H and O–H groups in total. The number of nitrogens with one attached hydrogen (secondary N) is 2. The zero-order valence-corrected chi connectivity index (χ0v) is 17.0. The van der Waals surface area contributed by atoms with E-state index in [1.54, 1.807) is 18.3 Å². The Hall–Kier alpha value is -2.70. The highest BCUT2D eigenvalue weighted by molar-refractivity contribution is 7.89. The lowest BCUT2D eigenvalue weighted by Crippen LogP contribution is -2.31. The van der Waals surface area contributed by atoms with E-state index in [1.165, 1.54) is 4.31 Å². The average Bonchev–Trinajstić information content (AvgIpc) is 2.69. The minimum atomic E-state index is -3.67. The molecule has 0 bridgehead atoms. The Morgan fingerprint density at radius 1 is 0.857 bits per heavy atom. The van der Waals surface area contributed by atoms with Crippen LogP contribution in [0.15, 0.2) is 83.9 Å². The fourth-order valence-corrected chi connectivity index (χ4v) is 4.30. The zero-order chi connectivity index (χ0) is 20.0. The van der Waals surface area contributed by atoms with Gasteiger partial charge in [-0.1, -0.05) is 60.7 Å². The van der Waals surface area contributed by atoms with Crippen LogP contribution in [0.3, 0.4) is 0 Å². The molecule has 0 unspecified atom stereocenters. The summed E-state index contributed by atoms with van der Waals surface area (Å²) in [6.45, 7) is 4.67. The van der Waals surface area contributed by atoms with E-state index in [9.17, 15) is 8.42 Å². The van der Waals surface area contributed by atoms with Gasteiger partial charge in [-0.3, -0.25) is 5.32 Å². The van der Waals surface area contributed by atoms with Gasteiger partial charge in [0.15, 0.2) is 0 Å². The number of aromatic nitrogens is 1. The summed E-state index contributed by atoms with van der Waals surface area (Å²) in [4.78, 5) is 3.28. The van der Waals surface area contributed by atoms with Crippen molar-refractivity contribution in [3.05, 3.63) is 90.1 Å². The number of nitrogens with zero attached hydrogens (tertiary/aromatic N) is 1. The van der Waals surface area contributed by atoms with E-state index in [1.807, 2.05) is 74.5 Å². The zero-order valence-electron chi connectivity index (χ0n) is 16.2. The van der Waals surface area contributed by atoms with Gasteiger partial charge in [0.25, 0.3) is 5.82 Å². The van der Waals surface area contributed by atoms with Crippen molar-refractivity contribution in [3.63, 3.8) is 0 Å². The number of benzene rings is 2. The monoisotopic (exact) mass is 396 g/mol. The molecule has 28 heavy (non-hydrogen) atoms. The molecular formula is C22H26N3O2S+. The highest BCUT2D eigenvalue weighted by Crippen LogP contribution is 2.21. The first kappa shape index (κ1) is 20.0. The molecule has 3 rings (SSSR count). The van der Waals surface area contributed by atoms with E-state index < -0.39 is 10.0 Å². The number of pyridine rings is 1. The molecule has 0 fully saturated rings. The molecular weight excluding hydrogens is 370 g/mol. The van der Waals surface area contributed by atoms with Crippen LogP contribution in [0, 0.1) is 0 Å². The highest BCUT2D eigenvalue weighted by atomic mass is 32.2. The summed E-state index contributed by atoms with van der Waals surface area (Å²) in [5, 5.41) is 3.23. The van der Waals surface area contributed by atoms with Crippen LogP contribution in [0.5, 0.6) is 0 Å². The molecule has 0 aliphatic heterocycles. The Bertz CT molecular complexity index is 932. The lowest BCUT2D eigenvalue weighted by Gasteiger charge is -2.22. The Kier molecular flexibility index (Phi) is 6.44. The van der Waals surface area contributed by atoms with Crippen molar-refractivity contribution < 1.29 is 13.4 Å². The summed E-state index contributed by atoms with van der Waals surface area (Å²) in [7, 11) is -3.67. The first-order chi connectivity index (χ1) is 13.4. The molecule has 2 aromatic carbocycles. The van der Waals surface area contributed by atoms with Crippen LogP contribution in [-0.2, 0) is 23.1 Å². The Balaban J connectivity index is 1.90. The van der Waals surface area contributed by atoms with Crippen molar-refractivity contribution in [2.24, 2.45) is 0 Å². The quantitative estimate of drug-likeness (QED) is 0.631. The van der Waals surface area contributed by atoms with Crippen molar-refractivity contribution in [1.29, 1.82) is 0 Å². The van der Waals surface area contributed by atoms with E-state index in [2.05, 4.69) is 10.3 Å². The lowest BCUT2D eigenvalue weighted by atomic mass is 10.2. The number of H-pyrrole nitrogens is 1. The van der Waals surface area contributed by atoms with Gasteiger partial charge in [-0.05, 0) is 31.0 Å². The van der Waals surface area contributed by atoms with Gasteiger partial charge >= 0.3 is 0 Å². The van der Waals surface area contributed by atoms with Crippen LogP contribution < -0.4 is 10.3 Å². The number of sulfonamides is 1. The van der Waals surface area contributed by atoms with Crippen molar-refractivity contribution in [2.45, 2.75) is 37.9 Å². The molecule has 1 aromatic heterocycles. The topological polar surface area (TPSA) is 63.6 Å². The molecule has 5 nitrogen and oxygen atoms in total. The van der Waals surface area contributed by atoms with E-state index in [0.29, 0.717) is 13.1 Å². The second kappa shape index (κ2) is 8.99. The molecule has 0 aliphatic carbocycles. The first-order valence-corrected chi connectivity index (χ1v) is 10.8. The minimum absolute atomic E-state index is 0.244. The summed E-state index contributed by atoms with van der Waals surface area (Å²) in [6.07, 6.45) is 1.54. The number of anilines is 1. The standard InChI is InChI=1S/C22H25N3O2S/c1-18(2)24-22-14-13-21(15-23-22)28(26,27)25(16-19-9-5-3-6-10-19)17-20-11-7-4-8-12-20/h3-15,18H,16-17H2,1-2H3,(H,23,24)/p+1. The van der Waals surface area contributed by atoms with Crippen molar-refractivity contribution in [3.8, 4) is 0 Å². The van der Waals surface area contributed by atoms with Crippen molar-refractivity contribution in [2.75, 3.05) is 5.32 Å². The maximum atomic E-state index is 13.4. The van der Waals surface area contributed by atoms with Gasteiger partial charge in [0.1, 0.15) is 11.1 Å². The summed E-state index contributed by atoms with van der Waals surface area (Å²) in [6, 6.07) is 22.9. The van der Waals surface area contributed by atoms with E-state index in [-0.39, 0.29) is 10.9 Å². The molecule has 0 radical (unpaired) electrons. The fourth-order valence-electron chi connectivity index (χ4n) is 2.92. The van der Waals surface area contributed by atoms with Crippen LogP contribution in [0.25, 0.3) is 0 Å². The van der Waals surface area contributed by atoms with Gasteiger partial charge in [0.05, 0.1) is 6.04 Å². The van der Waals surface area contributed by atoms with Gasteiger partial charge in [0, 0.05) is 19.2 Å². The minimum Gasteiger partial charge on any atom is -0.272 e. The van der Waals surface area contributed by atoms with Gasteiger partial charge in [-0.15, -0.1) is 0 Å². The summed E-state index contributed by atoms with van der Waals surface area (Å²) in [5.74, 6) is 0.784. The van der Waals surface area contributed by atoms with Gasteiger partial charge in [-0.25, -0.2) is 13.4 Å². The smallest absolute Gasteiger partial charge is 0.272 e. The van der Waals surface area contributed by atoms with E-state index in [4.69, 9.17) is 0 Å². The maximum absolute atomic E-state index is 13.4. The molecule has 0 saturated heterocycles. The normalized spacial score (nSPS) is 11.7. The van der Waals surface area contributed by atoms with Gasteiger partial charge in [0.2, 0.25) is 10.0 Å². The van der Waals surface area contributed by atoms with E-state index in [0.717, 1.165) is 16.9 Å². The molecule has 1 heterocycles. The number of aromatic amines is 1. The summed E-state index contributed by atoms with van der Waals surface area (Å²) >= 11 is 0. The largest absolute Gasteiger partial charge is 0.272 e. The maximum Gasteiger partial charge on any atom is 0.272 e. The molecule has 0 atom stereocenters. The Labute approximate surface area is 167 Å². The lowest BCUT2D eigenvalue weighted by molar-refractivity contribution is -0.364. The third kappa shape index (κ3) is 5.18. The fraction of sp³-hybridized carbons (Fsp3) is 0.227. The van der Waals surface area contributed by atoms with Crippen LogP contribution in [0.1, 0.15) is 25.0 Å². The van der Waals surface area contributed by atoms with Gasteiger partial charge in [-0.2, -0.15) is 4.31 Å². The van der Waals surface area contributed by atoms with Crippen LogP contribution >= 0.6 is 0 Å². The third-order valence-corrected chi connectivity index (χ3v) is 6.06. The molecule has 0 aliphatic rings. The summed E-state index contributed by atoms with van der Waals surface area (Å²) < 4.78 is 28.2. The molecule has 0 saturated carbocycles. The van der Waals surface area contributed by atoms with Crippen LogP contribution in [0.2, 0.25) is 0 Å². The highest BCUT2D eigenvalue weighted by Gasteiger charge is 2.26. The van der Waals surface area contributed by atoms with Crippen LogP contribution in [-0.4, -0.2) is 18.8 Å². The van der Waals surface area contributed by atoms with Crippen LogP contribution in [0.4, 0.5) is 5.82 Å². The van der Waals surface area contributed by atoms with Crippen molar-refractivity contribution in [1.82, 2.24) is 4.31 Å². The van der Waals surface area contributed by atoms with Crippen molar-refractivity contribution >= 4 is 15.8 Å². The molecule has 6 heteroatoms. The average molecular weight is 397 g/mol. The first-order valence-electron chi connectivity index (χ1n) is 9.31. The predicted molar refractivity (Wildman–Crippen MR) is 111 cm³/mol. The Morgan fingerprint density at radius 3 is 1.82 bits per heavy atom. The Morgan fingerprint density at radius 2 is 1.39 bits per heavy atom. The third-order valence-electron chi connectivity index (χ3n) is 4.27.